The fourth-order valence-electron chi connectivity index (χ4n) is 1.22. The Morgan fingerprint density at radius 3 is 2.93 bits per heavy atom. The molecule has 0 bridgehead atoms. The number of nitrogens with one attached hydrogen (secondary N) is 1. The zero-order chi connectivity index (χ0) is 10.6. The predicted octanol–water partition coefficient (Wildman–Crippen LogP) is 1.48. The summed E-state index contributed by atoms with van der Waals surface area (Å²) in [6.07, 6.45) is 0. The van der Waals surface area contributed by atoms with Crippen LogP contribution in [0.2, 0.25) is 0 Å². The quantitative estimate of drug-likeness (QED) is 0.743. The van der Waals surface area contributed by atoms with Crippen molar-refractivity contribution in [2.45, 2.75) is 20.4 Å². The molecular weight excluding hydrogens is 182 g/mol. The SMILES string of the molecule is CCOC(=O)c1cc(CNC)oc1C. The van der Waals surface area contributed by atoms with Gasteiger partial charge in [-0.15, -0.1) is 0 Å². The van der Waals surface area contributed by atoms with Gasteiger partial charge in [0.1, 0.15) is 17.1 Å². The van der Waals surface area contributed by atoms with E-state index in [-0.39, 0.29) is 5.97 Å². The molecule has 0 spiro atoms. The predicted molar refractivity (Wildman–Crippen MR) is 52.2 cm³/mol. The van der Waals surface area contributed by atoms with Crippen LogP contribution in [0.15, 0.2) is 10.5 Å². The molecule has 4 heteroatoms. The molecule has 0 aliphatic rings. The molecule has 1 N–H and O–H groups in total. The second kappa shape index (κ2) is 4.81. The van der Waals surface area contributed by atoms with Crippen LogP contribution in [0.1, 0.15) is 28.8 Å². The molecule has 0 saturated heterocycles. The maximum absolute atomic E-state index is 11.4. The monoisotopic (exact) mass is 197 g/mol. The zero-order valence-electron chi connectivity index (χ0n) is 8.72. The number of carbonyl (C=O) groups is 1. The molecule has 1 rings (SSSR count). The molecule has 0 atom stereocenters. The van der Waals surface area contributed by atoms with E-state index >= 15 is 0 Å². The topological polar surface area (TPSA) is 51.5 Å². The van der Waals surface area contributed by atoms with E-state index in [9.17, 15) is 4.79 Å². The number of aryl methyl sites for hydroxylation is 1. The highest BCUT2D eigenvalue weighted by Gasteiger charge is 2.15. The lowest BCUT2D eigenvalue weighted by Crippen LogP contribution is -2.05. The lowest BCUT2D eigenvalue weighted by molar-refractivity contribution is 0.0524. The number of rotatable bonds is 4. The number of carbonyl (C=O) groups excluding carboxylic acids is 1. The maximum Gasteiger partial charge on any atom is 0.341 e. The van der Waals surface area contributed by atoms with E-state index in [1.54, 1.807) is 19.9 Å². The van der Waals surface area contributed by atoms with E-state index in [2.05, 4.69) is 5.32 Å². The number of hydrogen-bond acceptors (Lipinski definition) is 4. The van der Waals surface area contributed by atoms with Crippen LogP contribution in [-0.4, -0.2) is 19.6 Å². The van der Waals surface area contributed by atoms with Crippen LogP contribution < -0.4 is 5.32 Å². The number of esters is 1. The van der Waals surface area contributed by atoms with Gasteiger partial charge in [-0.25, -0.2) is 4.79 Å². The van der Waals surface area contributed by atoms with Crippen molar-refractivity contribution < 1.29 is 13.9 Å². The summed E-state index contributed by atoms with van der Waals surface area (Å²) in [4.78, 5) is 11.4. The van der Waals surface area contributed by atoms with Crippen molar-refractivity contribution in [3.63, 3.8) is 0 Å². The summed E-state index contributed by atoms with van der Waals surface area (Å²) < 4.78 is 10.2. The number of furan rings is 1. The van der Waals surface area contributed by atoms with E-state index in [0.717, 1.165) is 5.76 Å². The van der Waals surface area contributed by atoms with Crippen molar-refractivity contribution >= 4 is 5.97 Å². The zero-order valence-corrected chi connectivity index (χ0v) is 8.72. The summed E-state index contributed by atoms with van der Waals surface area (Å²) in [5.74, 6) is 1.03. The van der Waals surface area contributed by atoms with Crippen LogP contribution in [0.4, 0.5) is 0 Å². The van der Waals surface area contributed by atoms with Gasteiger partial charge in [-0.2, -0.15) is 0 Å². The molecule has 0 aliphatic heterocycles. The van der Waals surface area contributed by atoms with Crippen LogP contribution in [0, 0.1) is 6.92 Å². The van der Waals surface area contributed by atoms with Crippen LogP contribution in [0.3, 0.4) is 0 Å². The van der Waals surface area contributed by atoms with Crippen LogP contribution >= 0.6 is 0 Å². The smallest absolute Gasteiger partial charge is 0.341 e. The average Bonchev–Trinajstić information content (AvgIpc) is 2.48. The fraction of sp³-hybridized carbons (Fsp3) is 0.500. The summed E-state index contributed by atoms with van der Waals surface area (Å²) in [5.41, 5.74) is 0.511. The molecule has 0 aliphatic carbocycles. The van der Waals surface area contributed by atoms with Gasteiger partial charge in [0.25, 0.3) is 0 Å². The molecule has 0 unspecified atom stereocenters. The molecule has 1 aromatic rings. The summed E-state index contributed by atoms with van der Waals surface area (Å²) in [5, 5.41) is 2.95. The van der Waals surface area contributed by atoms with Gasteiger partial charge in [-0.3, -0.25) is 0 Å². The molecule has 4 nitrogen and oxygen atoms in total. The summed E-state index contributed by atoms with van der Waals surface area (Å²) in [6, 6.07) is 1.71. The Morgan fingerprint density at radius 2 is 2.36 bits per heavy atom. The third-order valence-corrected chi connectivity index (χ3v) is 1.82. The Kier molecular flexibility index (Phi) is 3.71. The van der Waals surface area contributed by atoms with Gasteiger partial charge < -0.3 is 14.5 Å². The molecule has 0 saturated carbocycles. The van der Waals surface area contributed by atoms with Crippen molar-refractivity contribution in [3.05, 3.63) is 23.2 Å². The summed E-state index contributed by atoms with van der Waals surface area (Å²) in [7, 11) is 1.82. The van der Waals surface area contributed by atoms with Gasteiger partial charge in [-0.05, 0) is 27.0 Å². The first kappa shape index (κ1) is 10.8. The largest absolute Gasteiger partial charge is 0.464 e. The van der Waals surface area contributed by atoms with Gasteiger partial charge in [0.2, 0.25) is 0 Å². The Bertz CT molecular complexity index is 317. The van der Waals surface area contributed by atoms with Crippen LogP contribution in [0.5, 0.6) is 0 Å². The van der Waals surface area contributed by atoms with Gasteiger partial charge in [0.05, 0.1) is 13.2 Å². The van der Waals surface area contributed by atoms with Gasteiger partial charge in [0, 0.05) is 0 Å². The van der Waals surface area contributed by atoms with Gasteiger partial charge in [-0.1, -0.05) is 0 Å². The molecule has 14 heavy (non-hydrogen) atoms. The van der Waals surface area contributed by atoms with Crippen molar-refractivity contribution in [2.75, 3.05) is 13.7 Å². The van der Waals surface area contributed by atoms with E-state index in [4.69, 9.17) is 9.15 Å². The fourth-order valence-corrected chi connectivity index (χ4v) is 1.22. The van der Waals surface area contributed by atoms with E-state index in [1.807, 2.05) is 7.05 Å². The van der Waals surface area contributed by atoms with Crippen molar-refractivity contribution in [1.29, 1.82) is 0 Å². The molecular formula is C10H15NO3. The minimum atomic E-state index is -0.323. The van der Waals surface area contributed by atoms with Crippen molar-refractivity contribution in [3.8, 4) is 0 Å². The Hall–Kier alpha value is -1.29. The first-order valence-electron chi connectivity index (χ1n) is 4.60. The number of ether oxygens (including phenoxy) is 1. The van der Waals surface area contributed by atoms with E-state index < -0.39 is 0 Å². The first-order valence-corrected chi connectivity index (χ1v) is 4.60. The molecule has 1 aromatic heterocycles. The summed E-state index contributed by atoms with van der Waals surface area (Å²) in [6.45, 7) is 4.53. The minimum absolute atomic E-state index is 0.323. The van der Waals surface area contributed by atoms with Gasteiger partial charge >= 0.3 is 5.97 Å². The van der Waals surface area contributed by atoms with Crippen molar-refractivity contribution in [1.82, 2.24) is 5.32 Å². The van der Waals surface area contributed by atoms with E-state index in [1.165, 1.54) is 0 Å². The van der Waals surface area contributed by atoms with E-state index in [0.29, 0.717) is 24.5 Å². The number of hydrogen-bond donors (Lipinski definition) is 1. The second-order valence-electron chi connectivity index (χ2n) is 2.93. The Morgan fingerprint density at radius 1 is 1.64 bits per heavy atom. The normalized spacial score (nSPS) is 10.2. The van der Waals surface area contributed by atoms with Crippen LogP contribution in [-0.2, 0) is 11.3 Å². The molecule has 1 heterocycles. The highest BCUT2D eigenvalue weighted by atomic mass is 16.5. The minimum Gasteiger partial charge on any atom is -0.464 e. The second-order valence-corrected chi connectivity index (χ2v) is 2.93. The van der Waals surface area contributed by atoms with Crippen molar-refractivity contribution in [2.24, 2.45) is 0 Å². The molecule has 0 fully saturated rings. The maximum atomic E-state index is 11.4. The van der Waals surface area contributed by atoms with Gasteiger partial charge in [0.15, 0.2) is 0 Å². The highest BCUT2D eigenvalue weighted by molar-refractivity contribution is 5.90. The third-order valence-electron chi connectivity index (χ3n) is 1.82. The standard InChI is InChI=1S/C10H15NO3/c1-4-13-10(12)9-5-8(6-11-3)14-7(9)2/h5,11H,4,6H2,1-3H3. The third kappa shape index (κ3) is 2.35. The summed E-state index contributed by atoms with van der Waals surface area (Å²) >= 11 is 0. The average molecular weight is 197 g/mol. The molecule has 0 amide bonds. The molecule has 0 aromatic carbocycles. The Labute approximate surface area is 83.2 Å². The molecule has 78 valence electrons. The highest BCUT2D eigenvalue weighted by Crippen LogP contribution is 2.15. The first-order chi connectivity index (χ1) is 6.69. The lowest BCUT2D eigenvalue weighted by Gasteiger charge is -1.97. The Balaban J connectivity index is 2.81. The van der Waals surface area contributed by atoms with Crippen LogP contribution in [0.25, 0.3) is 0 Å². The lowest BCUT2D eigenvalue weighted by atomic mass is 10.2. The molecule has 0 radical (unpaired) electrons.